The molecule has 2 unspecified atom stereocenters. The number of benzene rings is 3. The molecule has 33 heavy (non-hydrogen) atoms. The summed E-state index contributed by atoms with van der Waals surface area (Å²) in [6.07, 6.45) is 10.4. The van der Waals surface area contributed by atoms with Gasteiger partial charge in [0.25, 0.3) is 0 Å². The third-order valence-electron chi connectivity index (χ3n) is 7.52. The molecule has 3 rings (SSSR count). The van der Waals surface area contributed by atoms with Gasteiger partial charge in [0.1, 0.15) is 0 Å². The summed E-state index contributed by atoms with van der Waals surface area (Å²) in [7, 11) is 0. The highest BCUT2D eigenvalue weighted by molar-refractivity contribution is 5.56. The van der Waals surface area contributed by atoms with E-state index in [4.69, 9.17) is 0 Å². The molecule has 0 bridgehead atoms. The lowest BCUT2D eigenvalue weighted by Crippen LogP contribution is -2.26. The molecule has 0 radical (unpaired) electrons. The fraction of sp³-hybridized carbons (Fsp3) is 0.333. The van der Waals surface area contributed by atoms with Crippen molar-refractivity contribution < 1.29 is 0 Å². The van der Waals surface area contributed by atoms with Crippen LogP contribution >= 0.6 is 0 Å². The molecule has 0 amide bonds. The van der Waals surface area contributed by atoms with Crippen LogP contribution in [0.5, 0.6) is 0 Å². The van der Waals surface area contributed by atoms with Gasteiger partial charge in [-0.15, -0.1) is 0 Å². The Hall–Kier alpha value is -2.86. The lowest BCUT2D eigenvalue weighted by molar-refractivity contribution is 0.421. The Morgan fingerprint density at radius 2 is 1.06 bits per heavy atom. The molecule has 0 nitrogen and oxygen atoms in total. The molecule has 0 spiro atoms. The third kappa shape index (κ3) is 5.93. The molecule has 0 aliphatic rings. The van der Waals surface area contributed by atoms with Gasteiger partial charge in [-0.25, -0.2) is 0 Å². The summed E-state index contributed by atoms with van der Waals surface area (Å²) in [6.45, 7) is 15.8. The van der Waals surface area contributed by atoms with Crippen molar-refractivity contribution in [1.82, 2.24) is 0 Å². The predicted molar refractivity (Wildman–Crippen MR) is 147 cm³/mol. The van der Waals surface area contributed by atoms with Gasteiger partial charge in [0, 0.05) is 10.8 Å². The van der Waals surface area contributed by atoms with Crippen LogP contribution in [-0.2, 0) is 10.8 Å². The van der Waals surface area contributed by atoms with E-state index in [0.717, 1.165) is 6.42 Å². The quantitative estimate of drug-likeness (QED) is 0.330. The van der Waals surface area contributed by atoms with Crippen LogP contribution in [0.3, 0.4) is 0 Å². The average molecular weight is 437 g/mol. The molecule has 0 aromatic heterocycles. The first-order valence-corrected chi connectivity index (χ1v) is 12.3. The molecule has 0 saturated heterocycles. The fourth-order valence-electron chi connectivity index (χ4n) is 4.15. The summed E-state index contributed by atoms with van der Waals surface area (Å²) in [5, 5.41) is 0. The van der Waals surface area contributed by atoms with Crippen molar-refractivity contribution in [2.24, 2.45) is 5.92 Å². The van der Waals surface area contributed by atoms with Crippen LogP contribution in [0.25, 0.3) is 12.2 Å². The van der Waals surface area contributed by atoms with E-state index < -0.39 is 0 Å². The van der Waals surface area contributed by atoms with Crippen molar-refractivity contribution in [3.05, 3.63) is 118 Å². The highest BCUT2D eigenvalue weighted by Crippen LogP contribution is 2.35. The van der Waals surface area contributed by atoms with Crippen LogP contribution < -0.4 is 0 Å². The van der Waals surface area contributed by atoms with Gasteiger partial charge in [-0.2, -0.15) is 0 Å². The highest BCUT2D eigenvalue weighted by atomic mass is 14.3. The molecule has 0 fully saturated rings. The number of hydrogen-bond acceptors (Lipinski definition) is 0. The molecule has 0 aliphatic heterocycles. The Labute approximate surface area is 202 Å². The van der Waals surface area contributed by atoms with E-state index in [1.54, 1.807) is 0 Å². The summed E-state index contributed by atoms with van der Waals surface area (Å²) in [4.78, 5) is 0. The van der Waals surface area contributed by atoms with E-state index in [9.17, 15) is 0 Å². The van der Waals surface area contributed by atoms with E-state index in [1.165, 1.54) is 33.4 Å². The molecule has 172 valence electrons. The standard InChI is InChI=1S/C33H40/c1-8-32(6,30-17-11-27(5)12-18-30)23-21-29-15-19-31(20-16-29)33(7,25(2)3)24-22-28-13-9-26(4)10-14-28/h9-25H,8H2,1-7H3/b23-21+,24-22+. The molecular weight excluding hydrogens is 396 g/mol. The third-order valence-corrected chi connectivity index (χ3v) is 7.52. The Morgan fingerprint density at radius 1 is 0.636 bits per heavy atom. The zero-order valence-corrected chi connectivity index (χ0v) is 21.5. The summed E-state index contributed by atoms with van der Waals surface area (Å²) in [5.41, 5.74) is 7.85. The van der Waals surface area contributed by atoms with Gasteiger partial charge in [-0.05, 0) is 48.4 Å². The molecular formula is C33H40. The smallest absolute Gasteiger partial charge is 0.0130 e. The van der Waals surface area contributed by atoms with Crippen molar-refractivity contribution in [3.8, 4) is 0 Å². The van der Waals surface area contributed by atoms with Crippen molar-refractivity contribution in [3.63, 3.8) is 0 Å². The molecule has 2 atom stereocenters. The minimum absolute atomic E-state index is 0.0209. The summed E-state index contributed by atoms with van der Waals surface area (Å²) in [6, 6.07) is 26.8. The van der Waals surface area contributed by atoms with Crippen LogP contribution in [0, 0.1) is 19.8 Å². The molecule has 0 heteroatoms. The monoisotopic (exact) mass is 436 g/mol. The summed E-state index contributed by atoms with van der Waals surface area (Å²) in [5.74, 6) is 0.491. The molecule has 0 N–H and O–H groups in total. The van der Waals surface area contributed by atoms with Crippen LogP contribution in [0.1, 0.15) is 74.4 Å². The average Bonchev–Trinajstić information content (AvgIpc) is 2.82. The molecule has 0 aliphatic carbocycles. The Bertz CT molecular complexity index is 1080. The Balaban J connectivity index is 1.83. The maximum Gasteiger partial charge on any atom is 0.0130 e. The Morgan fingerprint density at radius 3 is 1.55 bits per heavy atom. The number of aryl methyl sites for hydroxylation is 2. The second kappa shape index (κ2) is 10.4. The second-order valence-electron chi connectivity index (χ2n) is 10.3. The van der Waals surface area contributed by atoms with Gasteiger partial charge >= 0.3 is 0 Å². The molecule has 3 aromatic carbocycles. The van der Waals surface area contributed by atoms with Gasteiger partial charge in [-0.1, -0.05) is 143 Å². The minimum Gasteiger partial charge on any atom is -0.0736 e. The lowest BCUT2D eigenvalue weighted by Gasteiger charge is -2.31. The van der Waals surface area contributed by atoms with Crippen molar-refractivity contribution >= 4 is 12.2 Å². The summed E-state index contributed by atoms with van der Waals surface area (Å²) < 4.78 is 0. The van der Waals surface area contributed by atoms with Gasteiger partial charge in [0.2, 0.25) is 0 Å². The molecule has 3 aromatic rings. The zero-order chi connectivity index (χ0) is 24.1. The van der Waals surface area contributed by atoms with Crippen molar-refractivity contribution in [2.75, 3.05) is 0 Å². The topological polar surface area (TPSA) is 0 Å². The van der Waals surface area contributed by atoms with Gasteiger partial charge in [0.05, 0.1) is 0 Å². The minimum atomic E-state index is -0.0209. The van der Waals surface area contributed by atoms with E-state index >= 15 is 0 Å². The molecule has 0 heterocycles. The van der Waals surface area contributed by atoms with E-state index in [2.05, 4.69) is 146 Å². The van der Waals surface area contributed by atoms with Crippen molar-refractivity contribution in [2.45, 2.75) is 65.7 Å². The first-order chi connectivity index (χ1) is 15.7. The van der Waals surface area contributed by atoms with Crippen LogP contribution in [0.15, 0.2) is 84.9 Å². The van der Waals surface area contributed by atoms with Crippen LogP contribution in [0.2, 0.25) is 0 Å². The van der Waals surface area contributed by atoms with E-state index in [1.807, 2.05) is 0 Å². The van der Waals surface area contributed by atoms with Gasteiger partial charge < -0.3 is 0 Å². The number of allylic oxidation sites excluding steroid dienone is 2. The fourth-order valence-corrected chi connectivity index (χ4v) is 4.15. The maximum absolute atomic E-state index is 2.37. The first-order valence-electron chi connectivity index (χ1n) is 12.3. The normalized spacial score (nSPS) is 15.8. The maximum atomic E-state index is 2.37. The zero-order valence-electron chi connectivity index (χ0n) is 21.5. The first kappa shape index (κ1) is 24.8. The SMILES string of the molecule is CCC(C)(/C=C/c1ccc(C(C)(/C=C/c2ccc(C)cc2)C(C)C)cc1)c1ccc(C)cc1. The number of hydrogen-bond donors (Lipinski definition) is 0. The number of rotatable bonds is 8. The lowest BCUT2D eigenvalue weighted by atomic mass is 9.72. The van der Waals surface area contributed by atoms with Crippen LogP contribution in [-0.4, -0.2) is 0 Å². The highest BCUT2D eigenvalue weighted by Gasteiger charge is 2.27. The largest absolute Gasteiger partial charge is 0.0736 e. The summed E-state index contributed by atoms with van der Waals surface area (Å²) >= 11 is 0. The van der Waals surface area contributed by atoms with Gasteiger partial charge in [0.15, 0.2) is 0 Å². The van der Waals surface area contributed by atoms with Gasteiger partial charge in [-0.3, -0.25) is 0 Å². The molecule has 0 saturated carbocycles. The van der Waals surface area contributed by atoms with E-state index in [-0.39, 0.29) is 10.8 Å². The van der Waals surface area contributed by atoms with Crippen molar-refractivity contribution in [1.29, 1.82) is 0 Å². The second-order valence-corrected chi connectivity index (χ2v) is 10.3. The predicted octanol–water partition coefficient (Wildman–Crippen LogP) is 9.31. The Kier molecular flexibility index (Phi) is 7.80. The van der Waals surface area contributed by atoms with E-state index in [0.29, 0.717) is 5.92 Å². The van der Waals surface area contributed by atoms with Crippen LogP contribution in [0.4, 0.5) is 0 Å².